The Morgan fingerprint density at radius 2 is 2.00 bits per heavy atom. The van der Waals surface area contributed by atoms with E-state index in [-0.39, 0.29) is 5.41 Å². The van der Waals surface area contributed by atoms with E-state index in [2.05, 4.69) is 26.8 Å². The quantitative estimate of drug-likeness (QED) is 0.907. The first-order chi connectivity index (χ1) is 9.75. The number of aromatic carboxylic acids is 1. The molecule has 2 aromatic rings. The van der Waals surface area contributed by atoms with Gasteiger partial charge in [0.05, 0.1) is 11.1 Å². The summed E-state index contributed by atoms with van der Waals surface area (Å²) in [6.45, 7) is 9.66. The minimum atomic E-state index is -0.877. The zero-order chi connectivity index (χ0) is 15.8. The van der Waals surface area contributed by atoms with Crippen molar-refractivity contribution in [3.63, 3.8) is 0 Å². The zero-order valence-corrected chi connectivity index (χ0v) is 13.2. The lowest BCUT2D eigenvalue weighted by Gasteiger charge is -2.20. The van der Waals surface area contributed by atoms with Crippen LogP contribution in [0, 0.1) is 6.92 Å². The van der Waals surface area contributed by atoms with E-state index in [0.717, 1.165) is 35.0 Å². The first-order valence-corrected chi connectivity index (χ1v) is 7.33. The van der Waals surface area contributed by atoms with Crippen LogP contribution in [0.3, 0.4) is 0 Å². The van der Waals surface area contributed by atoms with Gasteiger partial charge in [-0.05, 0) is 48.6 Å². The number of benzene rings is 1. The van der Waals surface area contributed by atoms with Gasteiger partial charge in [0.2, 0.25) is 0 Å². The van der Waals surface area contributed by atoms with Crippen LogP contribution in [0.15, 0.2) is 18.3 Å². The number of nitrogens with zero attached hydrogens (tertiary/aromatic N) is 1. The molecule has 4 nitrogen and oxygen atoms in total. The van der Waals surface area contributed by atoms with Crippen LogP contribution in [0.2, 0.25) is 0 Å². The maximum Gasteiger partial charge on any atom is 0.337 e. The maximum atomic E-state index is 11.7. The second-order valence-corrected chi connectivity index (χ2v) is 6.62. The highest BCUT2D eigenvalue weighted by molar-refractivity contribution is 6.04. The summed E-state index contributed by atoms with van der Waals surface area (Å²) < 4.78 is 2.02. The molecule has 0 amide bonds. The highest BCUT2D eigenvalue weighted by Gasteiger charge is 2.21. The molecular weight excluding hydrogens is 264 g/mol. The van der Waals surface area contributed by atoms with Crippen LogP contribution in [0.1, 0.15) is 48.7 Å². The molecule has 0 aliphatic rings. The third-order valence-electron chi connectivity index (χ3n) is 3.87. The van der Waals surface area contributed by atoms with Crippen molar-refractivity contribution in [2.45, 2.75) is 46.1 Å². The van der Waals surface area contributed by atoms with E-state index in [9.17, 15) is 9.90 Å². The molecule has 114 valence electrons. The smallest absolute Gasteiger partial charge is 0.337 e. The lowest BCUT2D eigenvalue weighted by Crippen LogP contribution is -2.13. The molecule has 1 aromatic carbocycles. The molecular formula is C17H24N2O2. The highest BCUT2D eigenvalue weighted by atomic mass is 16.4. The highest BCUT2D eigenvalue weighted by Crippen LogP contribution is 2.32. The van der Waals surface area contributed by atoms with Crippen molar-refractivity contribution in [3.8, 4) is 0 Å². The number of carboxylic acids is 1. The van der Waals surface area contributed by atoms with E-state index in [4.69, 9.17) is 5.73 Å². The Kier molecular flexibility index (Phi) is 4.10. The average Bonchev–Trinajstić information content (AvgIpc) is 2.71. The van der Waals surface area contributed by atoms with Gasteiger partial charge >= 0.3 is 5.97 Å². The van der Waals surface area contributed by atoms with Crippen LogP contribution < -0.4 is 5.73 Å². The van der Waals surface area contributed by atoms with Crippen molar-refractivity contribution in [2.75, 3.05) is 6.54 Å². The van der Waals surface area contributed by atoms with E-state index in [0.29, 0.717) is 12.1 Å². The van der Waals surface area contributed by atoms with Gasteiger partial charge in [-0.1, -0.05) is 20.8 Å². The molecule has 21 heavy (non-hydrogen) atoms. The van der Waals surface area contributed by atoms with Gasteiger partial charge < -0.3 is 15.4 Å². The van der Waals surface area contributed by atoms with E-state index in [1.54, 1.807) is 0 Å². The van der Waals surface area contributed by atoms with Gasteiger partial charge in [0, 0.05) is 18.1 Å². The van der Waals surface area contributed by atoms with Gasteiger partial charge in [0.25, 0.3) is 0 Å². The molecule has 0 bridgehead atoms. The summed E-state index contributed by atoms with van der Waals surface area (Å²) in [6, 6.07) is 3.93. The van der Waals surface area contributed by atoms with Gasteiger partial charge in [0.1, 0.15) is 0 Å². The maximum absolute atomic E-state index is 11.7. The van der Waals surface area contributed by atoms with E-state index < -0.39 is 5.97 Å². The monoisotopic (exact) mass is 288 g/mol. The molecule has 2 rings (SSSR count). The molecule has 0 aliphatic carbocycles. The number of rotatable bonds is 4. The molecule has 0 aliphatic heterocycles. The van der Waals surface area contributed by atoms with Crippen molar-refractivity contribution >= 4 is 16.9 Å². The largest absolute Gasteiger partial charge is 0.478 e. The van der Waals surface area contributed by atoms with Crippen LogP contribution in [-0.4, -0.2) is 22.2 Å². The van der Waals surface area contributed by atoms with Crippen LogP contribution in [0.4, 0.5) is 0 Å². The van der Waals surface area contributed by atoms with Crippen LogP contribution in [-0.2, 0) is 12.0 Å². The summed E-state index contributed by atoms with van der Waals surface area (Å²) in [5, 5.41) is 10.6. The second kappa shape index (κ2) is 5.53. The number of nitrogens with two attached hydrogens (primary N) is 1. The minimum absolute atomic E-state index is 0.0792. The Morgan fingerprint density at radius 3 is 2.52 bits per heavy atom. The molecule has 4 heteroatoms. The normalized spacial score (nSPS) is 12.0. The fourth-order valence-electron chi connectivity index (χ4n) is 2.65. The molecule has 1 aromatic heterocycles. The van der Waals surface area contributed by atoms with Gasteiger partial charge in [0.15, 0.2) is 0 Å². The third kappa shape index (κ3) is 2.95. The molecule has 0 radical (unpaired) electrons. The summed E-state index contributed by atoms with van der Waals surface area (Å²) in [5.41, 5.74) is 8.84. The lowest BCUT2D eigenvalue weighted by atomic mass is 9.85. The van der Waals surface area contributed by atoms with Crippen LogP contribution >= 0.6 is 0 Å². The van der Waals surface area contributed by atoms with Gasteiger partial charge in [-0.3, -0.25) is 0 Å². The summed E-state index contributed by atoms with van der Waals surface area (Å²) in [7, 11) is 0. The van der Waals surface area contributed by atoms with Crippen molar-refractivity contribution in [1.29, 1.82) is 0 Å². The first-order valence-electron chi connectivity index (χ1n) is 7.33. The molecule has 0 spiro atoms. The Bertz CT molecular complexity index is 678. The Morgan fingerprint density at radius 1 is 1.33 bits per heavy atom. The zero-order valence-electron chi connectivity index (χ0n) is 13.2. The molecule has 3 N–H and O–H groups in total. The number of hydrogen-bond acceptors (Lipinski definition) is 2. The van der Waals surface area contributed by atoms with E-state index >= 15 is 0 Å². The Hall–Kier alpha value is -1.81. The fraction of sp³-hybridized carbons (Fsp3) is 0.471. The summed E-state index contributed by atoms with van der Waals surface area (Å²) >= 11 is 0. The topological polar surface area (TPSA) is 68.2 Å². The third-order valence-corrected chi connectivity index (χ3v) is 3.87. The lowest BCUT2D eigenvalue weighted by molar-refractivity contribution is 0.0698. The standard InChI is InChI=1S/C17H24N2O2/c1-11-10-19(7-5-6-18)15-13(11)8-12(17(2,3)4)9-14(15)16(20)21/h8-10H,5-7,18H2,1-4H3,(H,20,21). The van der Waals surface area contributed by atoms with Crippen molar-refractivity contribution in [1.82, 2.24) is 4.57 Å². The molecule has 0 saturated heterocycles. The van der Waals surface area contributed by atoms with Crippen molar-refractivity contribution < 1.29 is 9.90 Å². The van der Waals surface area contributed by atoms with Gasteiger partial charge in [-0.25, -0.2) is 4.79 Å². The summed E-state index contributed by atoms with van der Waals surface area (Å²) in [5.74, 6) is -0.877. The van der Waals surface area contributed by atoms with E-state index in [1.807, 2.05) is 23.8 Å². The molecule has 0 unspecified atom stereocenters. The predicted molar refractivity (Wildman–Crippen MR) is 86.0 cm³/mol. The minimum Gasteiger partial charge on any atom is -0.478 e. The number of aryl methyl sites for hydroxylation is 2. The first kappa shape index (κ1) is 15.6. The van der Waals surface area contributed by atoms with Crippen molar-refractivity contribution in [3.05, 3.63) is 35.0 Å². The molecule has 1 heterocycles. The Labute approximate surface area is 125 Å². The van der Waals surface area contributed by atoms with Crippen LogP contribution in [0.5, 0.6) is 0 Å². The second-order valence-electron chi connectivity index (χ2n) is 6.62. The Balaban J connectivity index is 2.75. The van der Waals surface area contributed by atoms with Gasteiger partial charge in [-0.2, -0.15) is 0 Å². The summed E-state index contributed by atoms with van der Waals surface area (Å²) in [4.78, 5) is 11.7. The number of aromatic nitrogens is 1. The molecule has 0 saturated carbocycles. The van der Waals surface area contributed by atoms with Crippen LogP contribution in [0.25, 0.3) is 10.9 Å². The number of fused-ring (bicyclic) bond motifs is 1. The number of hydrogen-bond donors (Lipinski definition) is 2. The number of carbonyl (C=O) groups is 1. The van der Waals surface area contributed by atoms with E-state index in [1.165, 1.54) is 0 Å². The predicted octanol–water partition coefficient (Wildman–Crippen LogP) is 3.29. The molecule has 0 atom stereocenters. The van der Waals surface area contributed by atoms with Crippen molar-refractivity contribution in [2.24, 2.45) is 5.73 Å². The number of carboxylic acid groups (broad SMARTS) is 1. The summed E-state index contributed by atoms with van der Waals surface area (Å²) in [6.07, 6.45) is 2.86. The van der Waals surface area contributed by atoms with Gasteiger partial charge in [-0.15, -0.1) is 0 Å². The molecule has 0 fully saturated rings. The fourth-order valence-corrected chi connectivity index (χ4v) is 2.65. The SMILES string of the molecule is Cc1cn(CCCN)c2c(C(=O)O)cc(C(C)(C)C)cc12. The average molecular weight is 288 g/mol.